The van der Waals surface area contributed by atoms with Crippen molar-refractivity contribution >= 4 is 0 Å². The van der Waals surface area contributed by atoms with Crippen LogP contribution in [-0.2, 0) is 11.2 Å². The SMILES string of the molecule is CCCOc1ccc2c(c1)CC[C@H]1[C@H]3CC[C@H](OC)[C@]3(C)CC[C@@H]21. The summed E-state index contributed by atoms with van der Waals surface area (Å²) in [5, 5.41) is 0. The van der Waals surface area contributed by atoms with Crippen LogP contribution in [0.3, 0.4) is 0 Å². The van der Waals surface area contributed by atoms with Crippen LogP contribution in [0.4, 0.5) is 0 Å². The third-order valence-electron chi connectivity index (χ3n) is 7.37. The van der Waals surface area contributed by atoms with Crippen molar-refractivity contribution in [1.29, 1.82) is 0 Å². The first-order valence-corrected chi connectivity index (χ1v) is 9.95. The van der Waals surface area contributed by atoms with E-state index >= 15 is 0 Å². The van der Waals surface area contributed by atoms with Crippen LogP contribution in [0.1, 0.15) is 69.4 Å². The van der Waals surface area contributed by atoms with Gasteiger partial charge in [0.25, 0.3) is 0 Å². The summed E-state index contributed by atoms with van der Waals surface area (Å²) in [6.07, 6.45) is 9.42. The Morgan fingerprint density at radius 2 is 2.04 bits per heavy atom. The molecule has 132 valence electrons. The zero-order valence-electron chi connectivity index (χ0n) is 15.5. The monoisotopic (exact) mass is 328 g/mol. The third kappa shape index (κ3) is 2.49. The highest BCUT2D eigenvalue weighted by molar-refractivity contribution is 5.40. The molecule has 2 heteroatoms. The van der Waals surface area contributed by atoms with Crippen LogP contribution in [0.15, 0.2) is 18.2 Å². The lowest BCUT2D eigenvalue weighted by molar-refractivity contribution is -0.0444. The second-order valence-electron chi connectivity index (χ2n) is 8.47. The minimum atomic E-state index is 0.414. The molecule has 0 spiro atoms. The van der Waals surface area contributed by atoms with Gasteiger partial charge in [-0.1, -0.05) is 19.9 Å². The van der Waals surface area contributed by atoms with Crippen LogP contribution in [-0.4, -0.2) is 19.8 Å². The molecule has 2 fully saturated rings. The number of fused-ring (bicyclic) bond motifs is 5. The van der Waals surface area contributed by atoms with E-state index in [4.69, 9.17) is 9.47 Å². The maximum atomic E-state index is 5.87. The number of ether oxygens (including phenoxy) is 2. The lowest BCUT2D eigenvalue weighted by Crippen LogP contribution is -2.44. The zero-order valence-corrected chi connectivity index (χ0v) is 15.5. The summed E-state index contributed by atoms with van der Waals surface area (Å²) in [4.78, 5) is 0. The van der Waals surface area contributed by atoms with Crippen molar-refractivity contribution in [2.24, 2.45) is 17.3 Å². The fourth-order valence-electron chi connectivity index (χ4n) is 6.21. The average molecular weight is 328 g/mol. The Kier molecular flexibility index (Phi) is 4.36. The second-order valence-corrected chi connectivity index (χ2v) is 8.47. The molecular weight excluding hydrogens is 296 g/mol. The fraction of sp³-hybridized carbons (Fsp3) is 0.727. The van der Waals surface area contributed by atoms with E-state index in [1.54, 1.807) is 11.1 Å². The zero-order chi connectivity index (χ0) is 16.7. The Hall–Kier alpha value is -1.02. The summed E-state index contributed by atoms with van der Waals surface area (Å²) in [6, 6.07) is 6.90. The maximum absolute atomic E-state index is 5.87. The number of aryl methyl sites for hydroxylation is 1. The van der Waals surface area contributed by atoms with Gasteiger partial charge in [0.05, 0.1) is 12.7 Å². The van der Waals surface area contributed by atoms with Crippen LogP contribution < -0.4 is 4.74 Å². The Labute approximate surface area is 146 Å². The molecule has 1 aromatic rings. The predicted octanol–water partition coefficient (Wildman–Crippen LogP) is 5.35. The predicted molar refractivity (Wildman–Crippen MR) is 97.6 cm³/mol. The molecule has 0 radical (unpaired) electrons. The first-order chi connectivity index (χ1) is 11.7. The molecule has 0 N–H and O–H groups in total. The molecule has 0 aromatic heterocycles. The average Bonchev–Trinajstić information content (AvgIpc) is 2.95. The first kappa shape index (κ1) is 16.4. The van der Waals surface area contributed by atoms with Crippen LogP contribution >= 0.6 is 0 Å². The molecule has 0 aliphatic heterocycles. The molecule has 3 aliphatic carbocycles. The Morgan fingerprint density at radius 1 is 1.17 bits per heavy atom. The van der Waals surface area contributed by atoms with Crippen molar-refractivity contribution < 1.29 is 9.47 Å². The van der Waals surface area contributed by atoms with Crippen LogP contribution in [0.25, 0.3) is 0 Å². The number of hydrogen-bond donors (Lipinski definition) is 0. The van der Waals surface area contributed by atoms with Gasteiger partial charge in [0.1, 0.15) is 5.75 Å². The molecule has 0 amide bonds. The molecule has 24 heavy (non-hydrogen) atoms. The summed E-state index contributed by atoms with van der Waals surface area (Å²) >= 11 is 0. The highest BCUT2D eigenvalue weighted by Gasteiger charge is 2.54. The number of hydrogen-bond acceptors (Lipinski definition) is 2. The third-order valence-corrected chi connectivity index (χ3v) is 7.37. The van der Waals surface area contributed by atoms with Crippen molar-refractivity contribution in [3.63, 3.8) is 0 Å². The fourth-order valence-corrected chi connectivity index (χ4v) is 6.21. The normalized spacial score (nSPS) is 37.5. The van der Waals surface area contributed by atoms with Crippen molar-refractivity contribution in [3.8, 4) is 5.75 Å². The van der Waals surface area contributed by atoms with Gasteiger partial charge in [-0.25, -0.2) is 0 Å². The van der Waals surface area contributed by atoms with Crippen LogP contribution in [0.2, 0.25) is 0 Å². The van der Waals surface area contributed by atoms with E-state index in [1.165, 1.54) is 38.5 Å². The standard InChI is InChI=1S/C22H32O2/c1-4-13-24-16-6-8-17-15(14-16)5-7-19-18(17)11-12-22(2)20(19)9-10-21(22)23-3/h6,8,14,18-21H,4-5,7,9-13H2,1-3H3/t18-,19+,20+,21-,22+/m0/s1. The molecule has 3 aliphatic rings. The Bertz CT molecular complexity index is 596. The van der Waals surface area contributed by atoms with Gasteiger partial charge in [0.15, 0.2) is 0 Å². The molecule has 2 nitrogen and oxygen atoms in total. The summed E-state index contributed by atoms with van der Waals surface area (Å²) in [7, 11) is 1.92. The number of methoxy groups -OCH3 is 1. The van der Waals surface area contributed by atoms with Crippen LogP contribution in [0.5, 0.6) is 5.75 Å². The van der Waals surface area contributed by atoms with Gasteiger partial charge in [0, 0.05) is 7.11 Å². The van der Waals surface area contributed by atoms with Crippen molar-refractivity contribution in [1.82, 2.24) is 0 Å². The lowest BCUT2D eigenvalue weighted by atomic mass is 9.55. The van der Waals surface area contributed by atoms with E-state index in [1.807, 2.05) is 7.11 Å². The van der Waals surface area contributed by atoms with Gasteiger partial charge in [-0.05, 0) is 91.4 Å². The molecule has 1 aromatic carbocycles. The molecule has 2 saturated carbocycles. The number of benzene rings is 1. The van der Waals surface area contributed by atoms with Crippen molar-refractivity contribution in [3.05, 3.63) is 29.3 Å². The van der Waals surface area contributed by atoms with Gasteiger partial charge in [-0.15, -0.1) is 0 Å². The Morgan fingerprint density at radius 3 is 2.83 bits per heavy atom. The number of rotatable bonds is 4. The summed E-state index contributed by atoms with van der Waals surface area (Å²) in [5.41, 5.74) is 3.59. The van der Waals surface area contributed by atoms with E-state index < -0.39 is 0 Å². The van der Waals surface area contributed by atoms with E-state index in [2.05, 4.69) is 32.0 Å². The molecule has 4 rings (SSSR count). The van der Waals surface area contributed by atoms with Crippen molar-refractivity contribution in [2.75, 3.05) is 13.7 Å². The molecule has 5 atom stereocenters. The quantitative estimate of drug-likeness (QED) is 0.742. The highest BCUT2D eigenvalue weighted by Crippen LogP contribution is 2.61. The molecule has 0 saturated heterocycles. The smallest absolute Gasteiger partial charge is 0.119 e. The van der Waals surface area contributed by atoms with Crippen LogP contribution in [0, 0.1) is 17.3 Å². The van der Waals surface area contributed by atoms with E-state index in [-0.39, 0.29) is 0 Å². The van der Waals surface area contributed by atoms with Gasteiger partial charge < -0.3 is 9.47 Å². The van der Waals surface area contributed by atoms with Gasteiger partial charge >= 0.3 is 0 Å². The van der Waals surface area contributed by atoms with E-state index in [9.17, 15) is 0 Å². The van der Waals surface area contributed by atoms with Gasteiger partial charge in [-0.2, -0.15) is 0 Å². The lowest BCUT2D eigenvalue weighted by Gasteiger charge is -2.50. The summed E-state index contributed by atoms with van der Waals surface area (Å²) in [5.74, 6) is 3.54. The first-order valence-electron chi connectivity index (χ1n) is 9.95. The largest absolute Gasteiger partial charge is 0.494 e. The topological polar surface area (TPSA) is 18.5 Å². The molecule has 0 bridgehead atoms. The van der Waals surface area contributed by atoms with Gasteiger partial charge in [0.2, 0.25) is 0 Å². The summed E-state index contributed by atoms with van der Waals surface area (Å²) < 4.78 is 11.7. The minimum Gasteiger partial charge on any atom is -0.494 e. The molecular formula is C22H32O2. The molecule has 0 heterocycles. The summed E-state index contributed by atoms with van der Waals surface area (Å²) in [6.45, 7) is 5.49. The highest BCUT2D eigenvalue weighted by atomic mass is 16.5. The minimum absolute atomic E-state index is 0.414. The Balaban J connectivity index is 1.58. The van der Waals surface area contributed by atoms with Crippen molar-refractivity contribution in [2.45, 2.75) is 70.8 Å². The van der Waals surface area contributed by atoms with Gasteiger partial charge in [-0.3, -0.25) is 0 Å². The second kappa shape index (κ2) is 6.37. The van der Waals surface area contributed by atoms with E-state index in [0.29, 0.717) is 11.5 Å². The molecule has 0 unspecified atom stereocenters. The maximum Gasteiger partial charge on any atom is 0.119 e. The van der Waals surface area contributed by atoms with E-state index in [0.717, 1.165) is 36.5 Å².